The van der Waals surface area contributed by atoms with E-state index in [9.17, 15) is 14.3 Å². The van der Waals surface area contributed by atoms with Crippen LogP contribution in [0.2, 0.25) is 0 Å². The molecule has 0 aromatic heterocycles. The fourth-order valence-corrected chi connectivity index (χ4v) is 1.54. The monoisotopic (exact) mass is 232 g/mol. The third kappa shape index (κ3) is 2.25. The second-order valence-electron chi connectivity index (χ2n) is 3.54. The number of rotatable bonds is 2. The van der Waals surface area contributed by atoms with Crippen molar-refractivity contribution in [1.29, 1.82) is 0 Å². The molecule has 0 heterocycles. The fourth-order valence-electron chi connectivity index (χ4n) is 1.54. The number of aromatic carboxylic acids is 1. The highest BCUT2D eigenvalue weighted by molar-refractivity contribution is 5.88. The first-order valence-corrected chi connectivity index (χ1v) is 4.90. The second kappa shape index (κ2) is 4.25. The Balaban J connectivity index is 2.43. The summed E-state index contributed by atoms with van der Waals surface area (Å²) in [7, 11) is 0. The molecule has 2 aromatic carbocycles. The maximum atomic E-state index is 12.8. The summed E-state index contributed by atoms with van der Waals surface area (Å²) in [6.45, 7) is 0. The largest absolute Gasteiger partial charge is 0.507 e. The first kappa shape index (κ1) is 11.1. The van der Waals surface area contributed by atoms with Crippen molar-refractivity contribution in [1.82, 2.24) is 0 Å². The number of halogens is 1. The van der Waals surface area contributed by atoms with Crippen LogP contribution < -0.4 is 0 Å². The highest BCUT2D eigenvalue weighted by Gasteiger charge is 2.07. The highest BCUT2D eigenvalue weighted by atomic mass is 19.1. The molecule has 2 N–H and O–H groups in total. The summed E-state index contributed by atoms with van der Waals surface area (Å²) in [6, 6.07) is 9.69. The lowest BCUT2D eigenvalue weighted by molar-refractivity contribution is 0.0697. The summed E-state index contributed by atoms with van der Waals surface area (Å²) in [5.74, 6) is -1.71. The molecule has 4 heteroatoms. The summed E-state index contributed by atoms with van der Waals surface area (Å²) >= 11 is 0. The normalized spacial score (nSPS) is 10.2. The minimum atomic E-state index is -1.01. The van der Waals surface area contributed by atoms with Crippen LogP contribution in [0.4, 0.5) is 4.39 Å². The average Bonchev–Trinajstić information content (AvgIpc) is 2.29. The molecule has 0 aliphatic heterocycles. The zero-order chi connectivity index (χ0) is 12.4. The quantitative estimate of drug-likeness (QED) is 0.836. The zero-order valence-corrected chi connectivity index (χ0v) is 8.72. The molecule has 0 saturated carbocycles. The van der Waals surface area contributed by atoms with Crippen molar-refractivity contribution in [3.63, 3.8) is 0 Å². The first-order chi connectivity index (χ1) is 8.08. The minimum absolute atomic E-state index is 0.162. The second-order valence-corrected chi connectivity index (χ2v) is 3.54. The van der Waals surface area contributed by atoms with Crippen LogP contribution in [-0.4, -0.2) is 16.2 Å². The molecule has 2 aromatic rings. The zero-order valence-electron chi connectivity index (χ0n) is 8.72. The summed E-state index contributed by atoms with van der Waals surface area (Å²) in [5, 5.41) is 18.3. The predicted molar refractivity (Wildman–Crippen MR) is 60.5 cm³/mol. The average molecular weight is 232 g/mol. The summed E-state index contributed by atoms with van der Waals surface area (Å²) in [5.41, 5.74) is 1.26. The number of hydrogen-bond acceptors (Lipinski definition) is 2. The molecule has 0 amide bonds. The van der Waals surface area contributed by atoms with E-state index in [-0.39, 0.29) is 11.3 Å². The Morgan fingerprint density at radius 3 is 2.24 bits per heavy atom. The number of phenols is 1. The predicted octanol–water partition coefficient (Wildman–Crippen LogP) is 2.90. The Morgan fingerprint density at radius 1 is 1.06 bits per heavy atom. The maximum absolute atomic E-state index is 12.8. The number of hydrogen-bond donors (Lipinski definition) is 2. The van der Waals surface area contributed by atoms with Crippen LogP contribution in [0.15, 0.2) is 42.5 Å². The molecule has 0 aliphatic carbocycles. The van der Waals surface area contributed by atoms with E-state index in [1.54, 1.807) is 12.1 Å². The van der Waals surface area contributed by atoms with E-state index in [4.69, 9.17) is 5.11 Å². The van der Waals surface area contributed by atoms with E-state index < -0.39 is 11.8 Å². The van der Waals surface area contributed by atoms with E-state index in [0.717, 1.165) is 6.07 Å². The molecule has 0 spiro atoms. The smallest absolute Gasteiger partial charge is 0.335 e. The van der Waals surface area contributed by atoms with Gasteiger partial charge in [-0.05, 0) is 29.8 Å². The molecular formula is C13H9FO3. The van der Waals surface area contributed by atoms with Crippen LogP contribution in [0.3, 0.4) is 0 Å². The Morgan fingerprint density at radius 2 is 1.71 bits per heavy atom. The number of carboxylic acid groups (broad SMARTS) is 1. The lowest BCUT2D eigenvalue weighted by atomic mass is 10.0. The van der Waals surface area contributed by atoms with Crippen LogP contribution in [0, 0.1) is 5.82 Å². The van der Waals surface area contributed by atoms with E-state index in [1.165, 1.54) is 24.3 Å². The van der Waals surface area contributed by atoms with Crippen molar-refractivity contribution in [2.45, 2.75) is 0 Å². The van der Waals surface area contributed by atoms with Gasteiger partial charge in [-0.3, -0.25) is 0 Å². The number of carbonyl (C=O) groups is 1. The fraction of sp³-hybridized carbons (Fsp3) is 0. The van der Waals surface area contributed by atoms with Gasteiger partial charge in [0.25, 0.3) is 0 Å². The van der Waals surface area contributed by atoms with Gasteiger partial charge in [-0.15, -0.1) is 0 Å². The molecule has 0 bridgehead atoms. The molecule has 2 rings (SSSR count). The van der Waals surface area contributed by atoms with Crippen LogP contribution >= 0.6 is 0 Å². The van der Waals surface area contributed by atoms with Crippen LogP contribution in [-0.2, 0) is 0 Å². The standard InChI is InChI=1S/C13H9FO3/c14-10-5-6-11(12(15)7-10)8-1-3-9(4-2-8)13(16)17/h1-7,15H,(H,16,17). The van der Waals surface area contributed by atoms with Crippen LogP contribution in [0.25, 0.3) is 11.1 Å². The van der Waals surface area contributed by atoms with Crippen molar-refractivity contribution in [3.8, 4) is 16.9 Å². The van der Waals surface area contributed by atoms with Crippen molar-refractivity contribution in [2.75, 3.05) is 0 Å². The van der Waals surface area contributed by atoms with Gasteiger partial charge in [-0.25, -0.2) is 9.18 Å². The maximum Gasteiger partial charge on any atom is 0.335 e. The molecule has 0 saturated heterocycles. The van der Waals surface area contributed by atoms with Crippen molar-refractivity contribution in [2.24, 2.45) is 0 Å². The summed E-state index contributed by atoms with van der Waals surface area (Å²) in [6.07, 6.45) is 0. The molecule has 0 aliphatic rings. The third-order valence-corrected chi connectivity index (χ3v) is 2.40. The van der Waals surface area contributed by atoms with Gasteiger partial charge >= 0.3 is 5.97 Å². The molecular weight excluding hydrogens is 223 g/mol. The number of carboxylic acids is 1. The van der Waals surface area contributed by atoms with Crippen molar-refractivity contribution in [3.05, 3.63) is 53.8 Å². The van der Waals surface area contributed by atoms with Gasteiger partial charge in [-0.1, -0.05) is 12.1 Å². The number of phenolic OH excluding ortho intramolecular Hbond substituents is 1. The molecule has 86 valence electrons. The molecule has 0 atom stereocenters. The van der Waals surface area contributed by atoms with E-state index in [0.29, 0.717) is 11.1 Å². The molecule has 3 nitrogen and oxygen atoms in total. The van der Waals surface area contributed by atoms with E-state index >= 15 is 0 Å². The van der Waals surface area contributed by atoms with Gasteiger partial charge in [0.2, 0.25) is 0 Å². The lowest BCUT2D eigenvalue weighted by Crippen LogP contribution is -1.95. The minimum Gasteiger partial charge on any atom is -0.507 e. The van der Waals surface area contributed by atoms with Gasteiger partial charge in [0.05, 0.1) is 5.56 Å². The van der Waals surface area contributed by atoms with E-state index in [1.807, 2.05) is 0 Å². The summed E-state index contributed by atoms with van der Waals surface area (Å²) in [4.78, 5) is 10.7. The van der Waals surface area contributed by atoms with Crippen LogP contribution in [0.5, 0.6) is 5.75 Å². The van der Waals surface area contributed by atoms with Gasteiger partial charge in [0.1, 0.15) is 11.6 Å². The number of benzene rings is 2. The molecule has 0 unspecified atom stereocenters. The van der Waals surface area contributed by atoms with Gasteiger partial charge in [0, 0.05) is 11.6 Å². The highest BCUT2D eigenvalue weighted by Crippen LogP contribution is 2.29. The Hall–Kier alpha value is -2.36. The topological polar surface area (TPSA) is 57.5 Å². The third-order valence-electron chi connectivity index (χ3n) is 2.40. The molecule has 0 radical (unpaired) electrons. The Bertz CT molecular complexity index is 561. The Kier molecular flexibility index (Phi) is 2.78. The summed E-state index contributed by atoms with van der Waals surface area (Å²) < 4.78 is 12.8. The van der Waals surface area contributed by atoms with Gasteiger partial charge in [0.15, 0.2) is 0 Å². The SMILES string of the molecule is O=C(O)c1ccc(-c2ccc(F)cc2O)cc1. The van der Waals surface area contributed by atoms with Crippen LogP contribution in [0.1, 0.15) is 10.4 Å². The lowest BCUT2D eigenvalue weighted by Gasteiger charge is -2.05. The van der Waals surface area contributed by atoms with E-state index in [2.05, 4.69) is 0 Å². The number of aromatic hydroxyl groups is 1. The Labute approximate surface area is 96.8 Å². The van der Waals surface area contributed by atoms with Gasteiger partial charge in [-0.2, -0.15) is 0 Å². The van der Waals surface area contributed by atoms with Gasteiger partial charge < -0.3 is 10.2 Å². The molecule has 17 heavy (non-hydrogen) atoms. The molecule has 0 fully saturated rings. The first-order valence-electron chi connectivity index (χ1n) is 4.90. The van der Waals surface area contributed by atoms with Crippen molar-refractivity contribution < 1.29 is 19.4 Å². The van der Waals surface area contributed by atoms with Crippen molar-refractivity contribution >= 4 is 5.97 Å².